The number of pyridine rings is 1. The van der Waals surface area contributed by atoms with Crippen molar-refractivity contribution in [2.75, 3.05) is 5.32 Å². The summed E-state index contributed by atoms with van der Waals surface area (Å²) in [6, 6.07) is 7.82. The highest BCUT2D eigenvalue weighted by Gasteiger charge is 2.32. The molecule has 9 nitrogen and oxygen atoms in total. The van der Waals surface area contributed by atoms with Crippen molar-refractivity contribution in [2.45, 2.75) is 65.5 Å². The number of benzene rings is 1. The van der Waals surface area contributed by atoms with E-state index in [-0.39, 0.29) is 5.92 Å². The highest BCUT2D eigenvalue weighted by molar-refractivity contribution is 5.96. The minimum Gasteiger partial charge on any atom is -0.530 e. The van der Waals surface area contributed by atoms with E-state index in [1.54, 1.807) is 39.8 Å². The fourth-order valence-electron chi connectivity index (χ4n) is 3.67. The molecule has 0 aliphatic carbocycles. The van der Waals surface area contributed by atoms with Crippen LogP contribution in [-0.2, 0) is 4.79 Å². The van der Waals surface area contributed by atoms with Crippen molar-refractivity contribution in [1.29, 1.82) is 0 Å². The van der Waals surface area contributed by atoms with Gasteiger partial charge < -0.3 is 29.4 Å². The average Bonchev–Trinajstić information content (AvgIpc) is 3.17. The van der Waals surface area contributed by atoms with E-state index in [1.165, 1.54) is 6.20 Å². The number of hydrogen-bond donors (Lipinski definition) is 1. The number of aromatic nitrogens is 2. The van der Waals surface area contributed by atoms with Gasteiger partial charge in [0.25, 0.3) is 0 Å². The van der Waals surface area contributed by atoms with Crippen molar-refractivity contribution in [3.8, 4) is 11.6 Å². The van der Waals surface area contributed by atoms with Crippen LogP contribution in [-0.4, -0.2) is 38.6 Å². The van der Waals surface area contributed by atoms with Crippen LogP contribution >= 0.6 is 0 Å². The quantitative estimate of drug-likeness (QED) is 0.566. The van der Waals surface area contributed by atoms with Gasteiger partial charge >= 0.3 is 0 Å². The molecule has 0 unspecified atom stereocenters. The number of nitrogens with one attached hydrogen (secondary N) is 1. The van der Waals surface area contributed by atoms with Crippen molar-refractivity contribution in [3.05, 3.63) is 42.2 Å². The summed E-state index contributed by atoms with van der Waals surface area (Å²) in [6.45, 7) is 10.9. The van der Waals surface area contributed by atoms with Crippen molar-refractivity contribution < 1.29 is 24.0 Å². The zero-order valence-corrected chi connectivity index (χ0v) is 19.7. The molecule has 3 rings (SSSR count). The second kappa shape index (κ2) is 9.48. The Kier molecular flexibility index (Phi) is 6.90. The van der Waals surface area contributed by atoms with Crippen molar-refractivity contribution in [2.24, 2.45) is 0 Å². The lowest BCUT2D eigenvalue weighted by molar-refractivity contribution is -0.273. The molecule has 0 radical (unpaired) electrons. The monoisotopic (exact) mass is 453 g/mol. The Morgan fingerprint density at radius 3 is 2.48 bits per heavy atom. The first-order valence-electron chi connectivity index (χ1n) is 10.9. The summed E-state index contributed by atoms with van der Waals surface area (Å²) < 4.78 is 11.4. The summed E-state index contributed by atoms with van der Waals surface area (Å²) >= 11 is 0. The van der Waals surface area contributed by atoms with E-state index in [0.717, 1.165) is 16.0 Å². The zero-order valence-electron chi connectivity index (χ0n) is 19.7. The minimum absolute atomic E-state index is 0.154. The van der Waals surface area contributed by atoms with Gasteiger partial charge in [-0.05, 0) is 51.3 Å². The van der Waals surface area contributed by atoms with E-state index in [1.807, 2.05) is 32.0 Å². The van der Waals surface area contributed by atoms with Gasteiger partial charge in [-0.2, -0.15) is 0 Å². The molecule has 176 valence electrons. The molecule has 2 aromatic heterocycles. The third kappa shape index (κ3) is 5.24. The molecule has 0 saturated carbocycles. The van der Waals surface area contributed by atoms with Crippen molar-refractivity contribution in [3.63, 3.8) is 0 Å². The van der Waals surface area contributed by atoms with Gasteiger partial charge in [-0.1, -0.05) is 32.0 Å². The Bertz CT molecular complexity index is 1130. The van der Waals surface area contributed by atoms with Crippen LogP contribution in [0.15, 0.2) is 41.1 Å². The number of ether oxygens (including phenoxy) is 1. The van der Waals surface area contributed by atoms with Crippen LogP contribution in [0.1, 0.15) is 59.6 Å². The number of rotatable bonds is 7. The summed E-state index contributed by atoms with van der Waals surface area (Å²) in [6.07, 6.45) is 0.361. The fourth-order valence-corrected chi connectivity index (χ4v) is 3.67. The molecule has 2 amide bonds. The molecule has 0 bridgehead atoms. The predicted octanol–water partition coefficient (Wildman–Crippen LogP) is 4.30. The van der Waals surface area contributed by atoms with Crippen LogP contribution in [0.2, 0.25) is 0 Å². The summed E-state index contributed by atoms with van der Waals surface area (Å²) in [5.74, 6) is 0.599. The first-order chi connectivity index (χ1) is 15.5. The van der Waals surface area contributed by atoms with Crippen LogP contribution < -0.4 is 15.2 Å². The molecule has 0 spiro atoms. The molecule has 33 heavy (non-hydrogen) atoms. The van der Waals surface area contributed by atoms with E-state index < -0.39 is 23.6 Å². The maximum Gasteiger partial charge on any atom is 0.247 e. The average molecular weight is 454 g/mol. The topological polar surface area (TPSA) is 121 Å². The maximum atomic E-state index is 12.8. The van der Waals surface area contributed by atoms with E-state index in [4.69, 9.17) is 9.26 Å². The normalized spacial score (nSPS) is 12.6. The Hall–Kier alpha value is -3.62. The molecule has 0 aliphatic heterocycles. The third-order valence-electron chi connectivity index (χ3n) is 5.17. The highest BCUT2D eigenvalue weighted by Crippen LogP contribution is 2.35. The van der Waals surface area contributed by atoms with Gasteiger partial charge in [0.1, 0.15) is 17.9 Å². The fraction of sp³-hybridized carbons (Fsp3) is 0.417. The summed E-state index contributed by atoms with van der Waals surface area (Å²) in [4.78, 5) is 29.8. The first kappa shape index (κ1) is 24.0. The molecule has 1 N–H and O–H groups in total. The molecular weight excluding hydrogens is 424 g/mol. The van der Waals surface area contributed by atoms with Crippen molar-refractivity contribution >= 4 is 28.7 Å². The number of amides is 2. The lowest BCUT2D eigenvalue weighted by Crippen LogP contribution is -2.59. The molecule has 9 heteroatoms. The number of anilines is 1. The number of carboxylic acid groups (broad SMARTS) is 1. The number of nitrogens with zero attached hydrogens (tertiary/aromatic N) is 3. The summed E-state index contributed by atoms with van der Waals surface area (Å²) in [5, 5.41) is 19.3. The smallest absolute Gasteiger partial charge is 0.247 e. The molecule has 0 aliphatic rings. The Morgan fingerprint density at radius 2 is 1.94 bits per heavy atom. The number of carbonyl (C=O) groups excluding carboxylic acids is 2. The number of fused-ring (bicyclic) bond motifs is 1. The summed E-state index contributed by atoms with van der Waals surface area (Å²) in [5.41, 5.74) is 1.06. The van der Waals surface area contributed by atoms with Gasteiger partial charge in [0.15, 0.2) is 5.58 Å². The second-order valence-corrected chi connectivity index (χ2v) is 9.06. The molecule has 1 atom stereocenters. The van der Waals surface area contributed by atoms with Gasteiger partial charge in [-0.25, -0.2) is 4.98 Å². The molecule has 3 aromatic rings. The lowest BCUT2D eigenvalue weighted by atomic mass is 10.0. The number of hydrogen-bond acceptors (Lipinski definition) is 7. The molecule has 1 aromatic carbocycles. The van der Waals surface area contributed by atoms with Crippen molar-refractivity contribution in [1.82, 2.24) is 15.0 Å². The Balaban J connectivity index is 1.77. The first-order valence-corrected chi connectivity index (χ1v) is 10.9. The predicted molar refractivity (Wildman–Crippen MR) is 122 cm³/mol. The van der Waals surface area contributed by atoms with Crippen LogP contribution in [0.4, 0.5) is 10.5 Å². The van der Waals surface area contributed by atoms with E-state index >= 15 is 0 Å². The SMILES string of the molecule is CC[C@H](C(=O)Nc1ccc(Oc2cccc3onc(C(C)C)c23)nc1)N(C(=O)[O-])C(C)(C)C. The number of carbonyl (C=O) groups is 2. The van der Waals surface area contributed by atoms with Crippen LogP contribution in [0.25, 0.3) is 11.0 Å². The second-order valence-electron chi connectivity index (χ2n) is 9.06. The van der Waals surface area contributed by atoms with Gasteiger partial charge in [0, 0.05) is 11.6 Å². The van der Waals surface area contributed by atoms with Gasteiger partial charge in [-0.3, -0.25) is 4.79 Å². The molecule has 0 fully saturated rings. The van der Waals surface area contributed by atoms with E-state index in [2.05, 4.69) is 15.5 Å². The largest absolute Gasteiger partial charge is 0.530 e. The Morgan fingerprint density at radius 1 is 1.21 bits per heavy atom. The molecular formula is C24H29N4O5-. The Labute approximate surface area is 192 Å². The lowest BCUT2D eigenvalue weighted by Gasteiger charge is -2.42. The van der Waals surface area contributed by atoms with Gasteiger partial charge in [0.05, 0.1) is 23.0 Å². The standard InChI is InChI=1S/C24H30N4O5/c1-7-16(28(23(30)31)24(4,5)6)22(29)26-15-11-12-19(25-13-15)32-17-9-8-10-18-20(17)21(14(2)3)27-33-18/h8-14,16H,7H2,1-6H3,(H,26,29)(H,30,31)/p-1/t16-/m1/s1. The van der Waals surface area contributed by atoms with E-state index in [9.17, 15) is 14.7 Å². The summed E-state index contributed by atoms with van der Waals surface area (Å²) in [7, 11) is 0. The highest BCUT2D eigenvalue weighted by atomic mass is 16.5. The molecule has 2 heterocycles. The van der Waals surface area contributed by atoms with Gasteiger partial charge in [0.2, 0.25) is 11.8 Å². The van der Waals surface area contributed by atoms with Crippen LogP contribution in [0, 0.1) is 0 Å². The van der Waals surface area contributed by atoms with E-state index in [0.29, 0.717) is 29.3 Å². The maximum absolute atomic E-state index is 12.8. The minimum atomic E-state index is -1.39. The molecule has 0 saturated heterocycles. The van der Waals surface area contributed by atoms with Crippen LogP contribution in [0.5, 0.6) is 11.6 Å². The van der Waals surface area contributed by atoms with Crippen LogP contribution in [0.3, 0.4) is 0 Å². The zero-order chi connectivity index (χ0) is 24.3. The third-order valence-corrected chi connectivity index (χ3v) is 5.17. The van der Waals surface area contributed by atoms with Gasteiger partial charge in [-0.15, -0.1) is 0 Å².